The van der Waals surface area contributed by atoms with E-state index >= 15 is 0 Å². The maximum atomic E-state index is 14.1. The first-order valence-corrected chi connectivity index (χ1v) is 6.24. The summed E-state index contributed by atoms with van der Waals surface area (Å²) < 4.78 is 50.1. The van der Waals surface area contributed by atoms with E-state index in [1.54, 1.807) is 6.07 Å². The number of hydrogen-bond acceptors (Lipinski definition) is 2. The van der Waals surface area contributed by atoms with Crippen molar-refractivity contribution in [2.45, 2.75) is 32.0 Å². The highest BCUT2D eigenvalue weighted by molar-refractivity contribution is 5.91. The monoisotopic (exact) mass is 290 g/mol. The second kappa shape index (κ2) is 5.78. The van der Waals surface area contributed by atoms with E-state index in [9.17, 15) is 22.4 Å². The Hall–Kier alpha value is -1.63. The Bertz CT molecular complexity index is 514. The molecule has 0 aromatic heterocycles. The quantitative estimate of drug-likeness (QED) is 0.840. The lowest BCUT2D eigenvalue weighted by molar-refractivity contribution is -0.142. The predicted octanol–water partition coefficient (Wildman–Crippen LogP) is 2.75. The highest BCUT2D eigenvalue weighted by atomic mass is 19.4. The smallest absolute Gasteiger partial charge is 0.324 e. The molecule has 1 aliphatic heterocycles. The maximum absolute atomic E-state index is 14.1. The summed E-state index contributed by atoms with van der Waals surface area (Å²) in [6.45, 7) is 1.18. The van der Waals surface area contributed by atoms with Crippen molar-refractivity contribution in [2.75, 3.05) is 11.9 Å². The van der Waals surface area contributed by atoms with Crippen molar-refractivity contribution in [3.05, 3.63) is 29.1 Å². The maximum Gasteiger partial charge on any atom is 0.389 e. The topological polar surface area (TPSA) is 41.1 Å². The molecule has 0 saturated heterocycles. The molecule has 1 aliphatic rings. The fraction of sp³-hybridized carbons (Fsp3) is 0.462. The van der Waals surface area contributed by atoms with Crippen LogP contribution in [0.3, 0.4) is 0 Å². The standard InChI is InChI=1S/C13H14F4N2O/c14-12-9-4-6-18-7-8(9)1-2-10(12)19-11(20)3-5-13(15,16)17/h1-2,18H,3-7H2,(H,19,20). The van der Waals surface area contributed by atoms with Crippen LogP contribution in [0.25, 0.3) is 0 Å². The molecule has 2 rings (SSSR count). The Morgan fingerprint density at radius 1 is 1.35 bits per heavy atom. The third-order valence-corrected chi connectivity index (χ3v) is 3.12. The summed E-state index contributed by atoms with van der Waals surface area (Å²) >= 11 is 0. The second-order valence-corrected chi connectivity index (χ2v) is 4.65. The molecule has 0 fully saturated rings. The normalized spacial score (nSPS) is 14.8. The molecule has 7 heteroatoms. The van der Waals surface area contributed by atoms with E-state index in [0.717, 1.165) is 5.56 Å². The molecule has 1 heterocycles. The number of amides is 1. The van der Waals surface area contributed by atoms with Crippen molar-refractivity contribution in [3.63, 3.8) is 0 Å². The number of halogens is 4. The van der Waals surface area contributed by atoms with Gasteiger partial charge in [-0.3, -0.25) is 4.79 Å². The van der Waals surface area contributed by atoms with Crippen molar-refractivity contribution < 1.29 is 22.4 Å². The van der Waals surface area contributed by atoms with E-state index in [0.29, 0.717) is 25.1 Å². The van der Waals surface area contributed by atoms with Gasteiger partial charge in [0.15, 0.2) is 0 Å². The summed E-state index contributed by atoms with van der Waals surface area (Å²) in [4.78, 5) is 11.4. The zero-order chi connectivity index (χ0) is 14.8. The summed E-state index contributed by atoms with van der Waals surface area (Å²) in [6, 6.07) is 3.05. The van der Waals surface area contributed by atoms with E-state index in [-0.39, 0.29) is 5.69 Å². The van der Waals surface area contributed by atoms with Gasteiger partial charge < -0.3 is 10.6 Å². The van der Waals surface area contributed by atoms with Gasteiger partial charge in [0.1, 0.15) is 5.82 Å². The van der Waals surface area contributed by atoms with Crippen LogP contribution in [-0.2, 0) is 17.8 Å². The van der Waals surface area contributed by atoms with Gasteiger partial charge in [-0.25, -0.2) is 4.39 Å². The van der Waals surface area contributed by atoms with E-state index in [1.165, 1.54) is 6.07 Å². The van der Waals surface area contributed by atoms with Crippen LogP contribution in [0.5, 0.6) is 0 Å². The molecule has 0 spiro atoms. The first-order valence-electron chi connectivity index (χ1n) is 6.24. The van der Waals surface area contributed by atoms with Crippen molar-refractivity contribution >= 4 is 11.6 Å². The molecule has 0 bridgehead atoms. The summed E-state index contributed by atoms with van der Waals surface area (Å²) in [5.74, 6) is -1.39. The highest BCUT2D eigenvalue weighted by Crippen LogP contribution is 2.25. The Kier molecular flexibility index (Phi) is 4.27. The average Bonchev–Trinajstić information content (AvgIpc) is 2.39. The third kappa shape index (κ3) is 3.69. The molecule has 1 aromatic rings. The van der Waals surface area contributed by atoms with Crippen LogP contribution in [0.4, 0.5) is 23.2 Å². The number of benzene rings is 1. The number of hydrogen-bond donors (Lipinski definition) is 2. The van der Waals surface area contributed by atoms with Crippen molar-refractivity contribution in [1.82, 2.24) is 5.32 Å². The highest BCUT2D eigenvalue weighted by Gasteiger charge is 2.28. The summed E-state index contributed by atoms with van der Waals surface area (Å²) in [7, 11) is 0. The zero-order valence-corrected chi connectivity index (χ0v) is 10.6. The number of carbonyl (C=O) groups excluding carboxylic acids is 1. The van der Waals surface area contributed by atoms with Gasteiger partial charge in [-0.05, 0) is 30.2 Å². The minimum atomic E-state index is -4.39. The van der Waals surface area contributed by atoms with Gasteiger partial charge >= 0.3 is 6.18 Å². The van der Waals surface area contributed by atoms with Gasteiger partial charge in [0.25, 0.3) is 0 Å². The average molecular weight is 290 g/mol. The van der Waals surface area contributed by atoms with Crippen molar-refractivity contribution in [2.24, 2.45) is 0 Å². The lowest BCUT2D eigenvalue weighted by Crippen LogP contribution is -2.25. The van der Waals surface area contributed by atoms with Gasteiger partial charge in [-0.15, -0.1) is 0 Å². The molecule has 0 saturated carbocycles. The largest absolute Gasteiger partial charge is 0.389 e. The number of alkyl halides is 3. The Balaban J connectivity index is 2.05. The number of nitrogens with one attached hydrogen (secondary N) is 2. The Labute approximate surface area is 113 Å². The van der Waals surface area contributed by atoms with E-state index < -0.39 is 30.7 Å². The third-order valence-electron chi connectivity index (χ3n) is 3.12. The van der Waals surface area contributed by atoms with Crippen LogP contribution in [-0.4, -0.2) is 18.6 Å². The molecule has 0 aliphatic carbocycles. The zero-order valence-electron chi connectivity index (χ0n) is 10.6. The molecule has 1 amide bonds. The Morgan fingerprint density at radius 2 is 2.10 bits per heavy atom. The van der Waals surface area contributed by atoms with Crippen molar-refractivity contribution in [3.8, 4) is 0 Å². The van der Waals surface area contributed by atoms with Crippen LogP contribution in [0, 0.1) is 5.82 Å². The van der Waals surface area contributed by atoms with Crippen LogP contribution in [0.1, 0.15) is 24.0 Å². The van der Waals surface area contributed by atoms with Crippen molar-refractivity contribution in [1.29, 1.82) is 0 Å². The van der Waals surface area contributed by atoms with E-state index in [4.69, 9.17) is 0 Å². The Morgan fingerprint density at radius 3 is 2.80 bits per heavy atom. The van der Waals surface area contributed by atoms with Gasteiger partial charge in [-0.1, -0.05) is 6.07 Å². The summed E-state index contributed by atoms with van der Waals surface area (Å²) in [6.07, 6.45) is -5.82. The predicted molar refractivity (Wildman–Crippen MR) is 65.7 cm³/mol. The van der Waals surface area contributed by atoms with Gasteiger partial charge in [0.2, 0.25) is 5.91 Å². The molecule has 2 N–H and O–H groups in total. The molecule has 3 nitrogen and oxygen atoms in total. The van der Waals surface area contributed by atoms with Crippen LogP contribution in [0.2, 0.25) is 0 Å². The molecular formula is C13H14F4N2O. The minimum Gasteiger partial charge on any atom is -0.324 e. The van der Waals surface area contributed by atoms with Crippen LogP contribution in [0.15, 0.2) is 12.1 Å². The SMILES string of the molecule is O=C(CCC(F)(F)F)Nc1ccc2c(c1F)CCNC2. The summed E-state index contributed by atoms with van der Waals surface area (Å²) in [5, 5.41) is 5.28. The molecular weight excluding hydrogens is 276 g/mol. The minimum absolute atomic E-state index is 0.0576. The van der Waals surface area contributed by atoms with E-state index in [2.05, 4.69) is 10.6 Å². The number of carbonyl (C=O) groups is 1. The van der Waals surface area contributed by atoms with E-state index in [1.807, 2.05) is 0 Å². The molecule has 110 valence electrons. The molecule has 20 heavy (non-hydrogen) atoms. The number of rotatable bonds is 3. The van der Waals surface area contributed by atoms with Crippen LogP contribution >= 0.6 is 0 Å². The lowest BCUT2D eigenvalue weighted by atomic mass is 9.99. The molecule has 1 aromatic carbocycles. The lowest BCUT2D eigenvalue weighted by Gasteiger charge is -2.19. The first-order chi connectivity index (χ1) is 9.37. The van der Waals surface area contributed by atoms with Gasteiger partial charge in [0, 0.05) is 13.0 Å². The second-order valence-electron chi connectivity index (χ2n) is 4.65. The first kappa shape index (κ1) is 14.8. The fourth-order valence-corrected chi connectivity index (χ4v) is 2.10. The summed E-state index contributed by atoms with van der Waals surface area (Å²) in [5.41, 5.74) is 1.26. The molecule has 0 unspecified atom stereocenters. The number of fused-ring (bicyclic) bond motifs is 1. The van der Waals surface area contributed by atoms with Gasteiger partial charge in [-0.2, -0.15) is 13.2 Å². The fourth-order valence-electron chi connectivity index (χ4n) is 2.10. The van der Waals surface area contributed by atoms with Gasteiger partial charge in [0.05, 0.1) is 12.1 Å². The number of anilines is 1. The van der Waals surface area contributed by atoms with Crippen LogP contribution < -0.4 is 10.6 Å². The molecule has 0 atom stereocenters. The molecule has 0 radical (unpaired) electrons.